The van der Waals surface area contributed by atoms with Crippen LogP contribution in [0.15, 0.2) is 121 Å². The fraction of sp³-hybridized carbons (Fsp3) is 0.531. The number of carbonyl (C=O) groups excluding carboxylic acids is 2. The van der Waals surface area contributed by atoms with Crippen molar-refractivity contribution in [3.63, 3.8) is 0 Å². The summed E-state index contributed by atoms with van der Waals surface area (Å²) in [5.74, 6) is 3.05. The van der Waals surface area contributed by atoms with Crippen LogP contribution in [0, 0.1) is 46.3 Å². The Morgan fingerprint density at radius 3 is 2.53 bits per heavy atom. The summed E-state index contributed by atoms with van der Waals surface area (Å²) in [5.41, 5.74) is 14.3. The molecule has 3 aromatic rings. The average molecular weight is 1000 g/mol. The van der Waals surface area contributed by atoms with Gasteiger partial charge in [-0.25, -0.2) is 0 Å². The van der Waals surface area contributed by atoms with Crippen LogP contribution in [0.1, 0.15) is 112 Å². The minimum absolute atomic E-state index is 0.0229. The molecule has 8 N–H and O–H groups in total. The number of allylic oxidation sites excluding steroid dienone is 5. The maximum absolute atomic E-state index is 14.2. The molecule has 3 aliphatic heterocycles. The molecular weight excluding hydrogens is 919 g/mol. The third-order valence-corrected chi connectivity index (χ3v) is 18.8. The van der Waals surface area contributed by atoms with Gasteiger partial charge in [0, 0.05) is 37.8 Å². The van der Waals surface area contributed by atoms with Crippen LogP contribution in [-0.2, 0) is 35.3 Å². The number of aryl methyl sites for hydroxylation is 3. The molecule has 11 atom stereocenters. The van der Waals surface area contributed by atoms with Gasteiger partial charge in [-0.2, -0.15) is 0 Å². The summed E-state index contributed by atoms with van der Waals surface area (Å²) in [6.45, 7) is 5.61. The largest absolute Gasteiger partial charge is 0.504 e. The Morgan fingerprint density at radius 2 is 1.73 bits per heavy atom. The highest BCUT2D eigenvalue weighted by Gasteiger charge is 2.63. The second kappa shape index (κ2) is 23.4. The van der Waals surface area contributed by atoms with Crippen LogP contribution in [0.4, 0.5) is 0 Å². The first kappa shape index (κ1) is 52.3. The average Bonchev–Trinajstić information content (AvgIpc) is 3.99. The van der Waals surface area contributed by atoms with Gasteiger partial charge in [0.2, 0.25) is 0 Å². The predicted molar refractivity (Wildman–Crippen MR) is 296 cm³/mol. The van der Waals surface area contributed by atoms with Crippen LogP contribution >= 0.6 is 0 Å². The standard InChI is InChI=1S/C64H83N5O5/c1-42(70)39-68-60-38-63(37-56-55-23-27-66-40-52(55)30-49-14-9-26-67-62(49)56)36-46(18-22-59(63)64(60)24-6-7-25-64)29-54(72)35-53(71)21-20-47-33-58(74-2)57(73)32-50(47)31-51-41-69-61(65)34-48(51)19-17-45-13-8-12-44(28-45)16-15-43-10-4-3-5-11-43/h3-5,8-14,18,20-22,28,32-34,41-42,46,49,52,55-56,59-62,66-70,73H,6-7,15-17,19,23-27,29-31,35-40,65H2,1-2H3/b21-20+/t42-,46-,49-,52-,55+,56-,59+,60+,61?,62+,63+/m0/s1. The lowest BCUT2D eigenvalue weighted by molar-refractivity contribution is -0.125. The molecule has 1 saturated heterocycles. The molecule has 0 aromatic heterocycles. The molecule has 3 saturated carbocycles. The summed E-state index contributed by atoms with van der Waals surface area (Å²) in [6.07, 6.45) is 31.3. The predicted octanol–water partition coefficient (Wildman–Crippen LogP) is 9.25. The number of Topliss-reactive ketones (excluding diaryl/α,β-unsaturated/α-hetero) is 1. The number of phenols is 1. The van der Waals surface area contributed by atoms with Crippen molar-refractivity contribution in [3.8, 4) is 11.5 Å². The third kappa shape index (κ3) is 11.8. The topological polar surface area (TPSA) is 158 Å². The van der Waals surface area contributed by atoms with Crippen LogP contribution < -0.4 is 31.7 Å². The summed E-state index contributed by atoms with van der Waals surface area (Å²) < 4.78 is 5.55. The Hall–Kier alpha value is -5.10. The third-order valence-electron chi connectivity index (χ3n) is 18.8. The van der Waals surface area contributed by atoms with Gasteiger partial charge in [0.05, 0.1) is 25.8 Å². The van der Waals surface area contributed by atoms with Crippen molar-refractivity contribution >= 4 is 17.6 Å². The van der Waals surface area contributed by atoms with Gasteiger partial charge >= 0.3 is 0 Å². The molecule has 1 unspecified atom stereocenters. The van der Waals surface area contributed by atoms with Crippen LogP contribution in [0.5, 0.6) is 11.5 Å². The second-order valence-electron chi connectivity index (χ2n) is 23.7. The number of aliphatic hydroxyl groups is 1. The van der Waals surface area contributed by atoms with E-state index in [1.807, 2.05) is 13.1 Å². The number of rotatable bonds is 20. The Kier molecular flexibility index (Phi) is 16.6. The molecule has 4 aliphatic carbocycles. The number of nitrogens with two attached hydrogens (primary N) is 1. The Balaban J connectivity index is 0.824. The zero-order valence-corrected chi connectivity index (χ0v) is 44.1. The fourth-order valence-electron chi connectivity index (χ4n) is 15.6. The molecule has 1 spiro atoms. The number of ether oxygens (including phenoxy) is 1. The molecule has 10 rings (SSSR count). The summed E-state index contributed by atoms with van der Waals surface area (Å²) in [6, 6.07) is 23.8. The van der Waals surface area contributed by atoms with Crippen molar-refractivity contribution < 1.29 is 24.5 Å². The molecule has 394 valence electrons. The van der Waals surface area contributed by atoms with E-state index in [9.17, 15) is 19.8 Å². The summed E-state index contributed by atoms with van der Waals surface area (Å²) in [4.78, 5) is 28.0. The number of ketones is 2. The number of hydrogen-bond acceptors (Lipinski definition) is 10. The Labute approximate surface area is 440 Å². The number of benzene rings is 3. The van der Waals surface area contributed by atoms with Crippen LogP contribution in [0.3, 0.4) is 0 Å². The molecule has 10 heteroatoms. The smallest absolute Gasteiger partial charge is 0.163 e. The fourth-order valence-corrected chi connectivity index (χ4v) is 15.6. The number of aromatic hydroxyl groups is 1. The second-order valence-corrected chi connectivity index (χ2v) is 23.7. The Morgan fingerprint density at radius 1 is 0.946 bits per heavy atom. The minimum atomic E-state index is -0.411. The number of dihydropyridines is 1. The summed E-state index contributed by atoms with van der Waals surface area (Å²) in [5, 5.41) is 36.6. The highest BCUT2D eigenvalue weighted by molar-refractivity contribution is 6.06. The number of nitrogens with one attached hydrogen (secondary N) is 4. The zero-order chi connectivity index (χ0) is 51.2. The van der Waals surface area contributed by atoms with Crippen LogP contribution in [0.2, 0.25) is 0 Å². The lowest BCUT2D eigenvalue weighted by atomic mass is 9.53. The Bertz CT molecular complexity index is 2610. The van der Waals surface area contributed by atoms with E-state index in [1.54, 1.807) is 18.2 Å². The van der Waals surface area contributed by atoms with Crippen molar-refractivity contribution in [1.82, 2.24) is 21.3 Å². The summed E-state index contributed by atoms with van der Waals surface area (Å²) in [7, 11) is 1.52. The number of carbonyl (C=O) groups is 2. The number of fused-ring (bicyclic) bond motifs is 4. The van der Waals surface area contributed by atoms with Gasteiger partial charge in [0.25, 0.3) is 0 Å². The normalized spacial score (nSPS) is 30.2. The lowest BCUT2D eigenvalue weighted by Gasteiger charge is -2.54. The van der Waals surface area contributed by atoms with Gasteiger partial charge in [-0.05, 0) is 207 Å². The minimum Gasteiger partial charge on any atom is -0.504 e. The first-order valence-corrected chi connectivity index (χ1v) is 28.3. The number of methoxy groups -OCH3 is 1. The van der Waals surface area contributed by atoms with Crippen molar-refractivity contribution in [1.29, 1.82) is 0 Å². The van der Waals surface area contributed by atoms with Crippen molar-refractivity contribution in [2.45, 2.75) is 134 Å². The highest BCUT2D eigenvalue weighted by Crippen LogP contribution is 2.68. The van der Waals surface area contributed by atoms with Crippen LogP contribution in [0.25, 0.3) is 6.08 Å². The molecule has 7 aliphatic rings. The van der Waals surface area contributed by atoms with Gasteiger partial charge in [-0.3, -0.25) is 9.59 Å². The molecule has 4 fully saturated rings. The SMILES string of the molecule is COc1cc(/C=C/C(=O)CC(=O)C[C@@H]2C=C[C@H]3C4(CCCC4)[C@H](NC[C@H](C)O)C[C@]3(C[C@H]3[C@@H]4CCNC[C@@H]4C[C@@H]4C=CCN[C@@H]34)C2)c(CC2=CNC(N)C=C2CCc2cccc(CCc3ccccc3)c2)cc1O. The molecule has 3 heterocycles. The summed E-state index contributed by atoms with van der Waals surface area (Å²) >= 11 is 0. The van der Waals surface area contributed by atoms with E-state index >= 15 is 0 Å². The quantitative estimate of drug-likeness (QED) is 0.0331. The number of hydrogen-bond donors (Lipinski definition) is 7. The van der Waals surface area contributed by atoms with Crippen molar-refractivity contribution in [3.05, 3.63) is 148 Å². The van der Waals surface area contributed by atoms with Crippen molar-refractivity contribution in [2.75, 3.05) is 33.3 Å². The molecule has 10 nitrogen and oxygen atoms in total. The maximum Gasteiger partial charge on any atom is 0.163 e. The van der Waals surface area contributed by atoms with E-state index in [1.165, 1.54) is 68.4 Å². The van der Waals surface area contributed by atoms with Gasteiger partial charge in [0.1, 0.15) is 5.78 Å². The van der Waals surface area contributed by atoms with E-state index in [-0.39, 0.29) is 46.7 Å². The molecule has 0 bridgehead atoms. The van der Waals surface area contributed by atoms with Gasteiger partial charge < -0.3 is 42.0 Å². The van der Waals surface area contributed by atoms with Gasteiger partial charge in [-0.15, -0.1) is 0 Å². The molecule has 0 amide bonds. The highest BCUT2D eigenvalue weighted by atomic mass is 16.5. The van der Waals surface area contributed by atoms with Gasteiger partial charge in [-0.1, -0.05) is 97.8 Å². The first-order valence-electron chi connectivity index (χ1n) is 28.3. The number of aliphatic hydroxyl groups excluding tert-OH is 1. The van der Waals surface area contributed by atoms with E-state index < -0.39 is 6.10 Å². The van der Waals surface area contributed by atoms with E-state index in [4.69, 9.17) is 10.5 Å². The zero-order valence-electron chi connectivity index (χ0n) is 44.1. The first-order chi connectivity index (χ1) is 36.0. The molecule has 3 aromatic carbocycles. The maximum atomic E-state index is 14.2. The van der Waals surface area contributed by atoms with Crippen LogP contribution in [-0.4, -0.2) is 79.4 Å². The van der Waals surface area contributed by atoms with E-state index in [2.05, 4.69) is 106 Å². The number of piperidine rings is 1. The van der Waals surface area contributed by atoms with E-state index in [0.29, 0.717) is 66.8 Å². The van der Waals surface area contributed by atoms with E-state index in [0.717, 1.165) is 86.9 Å². The monoisotopic (exact) mass is 1000 g/mol. The number of phenolic OH excluding ortho intramolecular Hbond substituents is 1. The molecular formula is C64H83N5O5. The van der Waals surface area contributed by atoms with Crippen molar-refractivity contribution in [2.24, 2.45) is 52.1 Å². The van der Waals surface area contributed by atoms with Gasteiger partial charge in [0.15, 0.2) is 17.3 Å². The molecule has 74 heavy (non-hydrogen) atoms. The molecule has 0 radical (unpaired) electrons. The lowest BCUT2D eigenvalue weighted by Crippen LogP contribution is -2.57.